The van der Waals surface area contributed by atoms with Gasteiger partial charge in [-0.15, -0.1) is 0 Å². The first-order chi connectivity index (χ1) is 5.63. The fourth-order valence-electron chi connectivity index (χ4n) is 1.10. The van der Waals surface area contributed by atoms with Crippen LogP contribution in [0.4, 0.5) is 8.78 Å². The molecule has 1 atom stereocenters. The second-order valence-electron chi connectivity index (χ2n) is 3.01. The average molecular weight is 170 g/mol. The van der Waals surface area contributed by atoms with Gasteiger partial charge in [0.05, 0.1) is 0 Å². The summed E-state index contributed by atoms with van der Waals surface area (Å²) in [5.41, 5.74) is 0.731. The molecule has 0 aliphatic rings. The highest BCUT2D eigenvalue weighted by molar-refractivity contribution is 5.21. The highest BCUT2D eigenvalue weighted by Gasteiger charge is 2.05. The van der Waals surface area contributed by atoms with Gasteiger partial charge >= 0.3 is 0 Å². The standard InChI is InChI=1S/C10H12F2/c1-3-7(2)8-4-9(11)6-10(12)5-8/h4-7H,3H2,1-2H3/t7-/m0/s1. The van der Waals surface area contributed by atoms with Crippen molar-refractivity contribution in [3.8, 4) is 0 Å². The lowest BCUT2D eigenvalue weighted by atomic mass is 9.99. The first-order valence-electron chi connectivity index (χ1n) is 4.09. The Hall–Kier alpha value is -0.920. The van der Waals surface area contributed by atoms with Crippen molar-refractivity contribution in [1.29, 1.82) is 0 Å². The maximum absolute atomic E-state index is 12.7. The summed E-state index contributed by atoms with van der Waals surface area (Å²) < 4.78 is 25.4. The molecule has 12 heavy (non-hydrogen) atoms. The van der Waals surface area contributed by atoms with E-state index < -0.39 is 11.6 Å². The van der Waals surface area contributed by atoms with Gasteiger partial charge in [0.25, 0.3) is 0 Å². The minimum Gasteiger partial charge on any atom is -0.207 e. The summed E-state index contributed by atoms with van der Waals surface area (Å²) in [4.78, 5) is 0. The Balaban J connectivity index is 3.00. The van der Waals surface area contributed by atoms with E-state index in [1.54, 1.807) is 0 Å². The largest absolute Gasteiger partial charge is 0.207 e. The van der Waals surface area contributed by atoms with Crippen molar-refractivity contribution in [1.82, 2.24) is 0 Å². The van der Waals surface area contributed by atoms with Gasteiger partial charge in [-0.25, -0.2) is 8.78 Å². The quantitative estimate of drug-likeness (QED) is 0.637. The van der Waals surface area contributed by atoms with Crippen LogP contribution in [0.5, 0.6) is 0 Å². The van der Waals surface area contributed by atoms with Gasteiger partial charge < -0.3 is 0 Å². The summed E-state index contributed by atoms with van der Waals surface area (Å²) in [5.74, 6) is -0.772. The third-order valence-electron chi connectivity index (χ3n) is 2.07. The molecule has 66 valence electrons. The zero-order valence-electron chi connectivity index (χ0n) is 7.27. The Labute approximate surface area is 71.2 Å². The van der Waals surface area contributed by atoms with Crippen LogP contribution in [0.3, 0.4) is 0 Å². The molecule has 0 aliphatic carbocycles. The predicted octanol–water partition coefficient (Wildman–Crippen LogP) is 3.48. The number of rotatable bonds is 2. The molecule has 0 amide bonds. The second-order valence-corrected chi connectivity index (χ2v) is 3.01. The summed E-state index contributed by atoms with van der Waals surface area (Å²) in [6.07, 6.45) is 0.892. The van der Waals surface area contributed by atoms with Crippen LogP contribution in [0, 0.1) is 11.6 Å². The topological polar surface area (TPSA) is 0 Å². The summed E-state index contributed by atoms with van der Waals surface area (Å²) in [7, 11) is 0. The summed E-state index contributed by atoms with van der Waals surface area (Å²) in [5, 5.41) is 0. The van der Waals surface area contributed by atoms with E-state index in [1.807, 2.05) is 13.8 Å². The lowest BCUT2D eigenvalue weighted by molar-refractivity contribution is 0.573. The van der Waals surface area contributed by atoms with E-state index >= 15 is 0 Å². The number of hydrogen-bond acceptors (Lipinski definition) is 0. The van der Waals surface area contributed by atoms with E-state index in [0.29, 0.717) is 0 Å². The van der Waals surface area contributed by atoms with Crippen molar-refractivity contribution in [3.05, 3.63) is 35.4 Å². The molecule has 0 aromatic heterocycles. The number of halogens is 2. The molecule has 0 heterocycles. The van der Waals surface area contributed by atoms with E-state index in [0.717, 1.165) is 18.1 Å². The molecule has 0 saturated heterocycles. The summed E-state index contributed by atoms with van der Waals surface area (Å²) >= 11 is 0. The van der Waals surface area contributed by atoms with Crippen LogP contribution in [0.1, 0.15) is 31.7 Å². The van der Waals surface area contributed by atoms with Crippen LogP contribution >= 0.6 is 0 Å². The molecule has 1 rings (SSSR count). The van der Waals surface area contributed by atoms with Gasteiger partial charge in [0, 0.05) is 6.07 Å². The van der Waals surface area contributed by atoms with Gasteiger partial charge in [-0.3, -0.25) is 0 Å². The molecule has 1 aromatic carbocycles. The lowest BCUT2D eigenvalue weighted by Crippen LogP contribution is -1.93. The first kappa shape index (κ1) is 9.17. The number of benzene rings is 1. The van der Waals surface area contributed by atoms with Gasteiger partial charge in [0.15, 0.2) is 0 Å². The highest BCUT2D eigenvalue weighted by atomic mass is 19.1. The minimum absolute atomic E-state index is 0.218. The Kier molecular flexibility index (Phi) is 2.79. The smallest absolute Gasteiger partial charge is 0.126 e. The predicted molar refractivity (Wildman–Crippen MR) is 45.1 cm³/mol. The SMILES string of the molecule is CC[C@H](C)c1cc(F)cc(F)c1. The van der Waals surface area contributed by atoms with Gasteiger partial charge in [-0.05, 0) is 30.0 Å². The monoisotopic (exact) mass is 170 g/mol. The Bertz CT molecular complexity index is 248. The molecule has 0 saturated carbocycles. The van der Waals surface area contributed by atoms with Gasteiger partial charge in [-0.2, -0.15) is 0 Å². The fraction of sp³-hybridized carbons (Fsp3) is 0.400. The molecule has 0 fully saturated rings. The van der Waals surface area contributed by atoms with Crippen LogP contribution in [0.25, 0.3) is 0 Å². The molecule has 0 radical (unpaired) electrons. The molecule has 0 aliphatic heterocycles. The fourth-order valence-corrected chi connectivity index (χ4v) is 1.10. The van der Waals surface area contributed by atoms with Crippen molar-refractivity contribution < 1.29 is 8.78 Å². The molecule has 0 unspecified atom stereocenters. The van der Waals surface area contributed by atoms with Crippen LogP contribution in [0.15, 0.2) is 18.2 Å². The van der Waals surface area contributed by atoms with E-state index in [2.05, 4.69) is 0 Å². The first-order valence-corrected chi connectivity index (χ1v) is 4.09. The van der Waals surface area contributed by atoms with Crippen LogP contribution in [-0.4, -0.2) is 0 Å². The lowest BCUT2D eigenvalue weighted by Gasteiger charge is -2.08. The Morgan fingerprint density at radius 2 is 1.67 bits per heavy atom. The summed E-state index contributed by atoms with van der Waals surface area (Å²) in [6, 6.07) is 3.67. The third kappa shape index (κ3) is 2.03. The van der Waals surface area contributed by atoms with Crippen molar-refractivity contribution in [3.63, 3.8) is 0 Å². The van der Waals surface area contributed by atoms with Gasteiger partial charge in [0.1, 0.15) is 11.6 Å². The molecule has 1 aromatic rings. The van der Waals surface area contributed by atoms with E-state index in [1.165, 1.54) is 12.1 Å². The van der Waals surface area contributed by atoms with Gasteiger partial charge in [0.2, 0.25) is 0 Å². The van der Waals surface area contributed by atoms with Crippen molar-refractivity contribution in [2.45, 2.75) is 26.2 Å². The van der Waals surface area contributed by atoms with E-state index in [4.69, 9.17) is 0 Å². The highest BCUT2D eigenvalue weighted by Crippen LogP contribution is 2.20. The zero-order valence-corrected chi connectivity index (χ0v) is 7.27. The molecule has 0 spiro atoms. The second kappa shape index (κ2) is 3.65. The van der Waals surface area contributed by atoms with Crippen LogP contribution in [0.2, 0.25) is 0 Å². The molecular weight excluding hydrogens is 158 g/mol. The maximum Gasteiger partial charge on any atom is 0.126 e. The van der Waals surface area contributed by atoms with Crippen molar-refractivity contribution in [2.75, 3.05) is 0 Å². The normalized spacial score (nSPS) is 13.0. The number of hydrogen-bond donors (Lipinski definition) is 0. The molecule has 2 heteroatoms. The van der Waals surface area contributed by atoms with E-state index in [-0.39, 0.29) is 5.92 Å². The molecule has 0 nitrogen and oxygen atoms in total. The average Bonchev–Trinajstić information content (AvgIpc) is 2.01. The van der Waals surface area contributed by atoms with Gasteiger partial charge in [-0.1, -0.05) is 13.8 Å². The zero-order chi connectivity index (χ0) is 9.14. The molecule has 0 N–H and O–H groups in total. The summed E-state index contributed by atoms with van der Waals surface area (Å²) in [6.45, 7) is 3.95. The Morgan fingerprint density at radius 3 is 2.08 bits per heavy atom. The third-order valence-corrected chi connectivity index (χ3v) is 2.07. The molecule has 0 bridgehead atoms. The van der Waals surface area contributed by atoms with Crippen molar-refractivity contribution >= 4 is 0 Å². The van der Waals surface area contributed by atoms with E-state index in [9.17, 15) is 8.78 Å². The maximum atomic E-state index is 12.7. The van der Waals surface area contributed by atoms with Crippen LogP contribution < -0.4 is 0 Å². The van der Waals surface area contributed by atoms with Crippen LogP contribution in [-0.2, 0) is 0 Å². The molecular formula is C10H12F2. The van der Waals surface area contributed by atoms with Crippen molar-refractivity contribution in [2.24, 2.45) is 0 Å². The Morgan fingerprint density at radius 1 is 1.17 bits per heavy atom. The minimum atomic E-state index is -0.495.